The molecule has 8 N–H and O–H groups in total. The van der Waals surface area contributed by atoms with E-state index in [0.29, 0.717) is 27.3 Å². The van der Waals surface area contributed by atoms with Gasteiger partial charge < -0.3 is 26.9 Å². The third-order valence-electron chi connectivity index (χ3n) is 3.93. The van der Waals surface area contributed by atoms with Gasteiger partial charge in [0.25, 0.3) is 5.56 Å². The number of nitrogens with two attached hydrogens (primary N) is 3. The first-order valence-corrected chi connectivity index (χ1v) is 8.58. The highest BCUT2D eigenvalue weighted by Crippen LogP contribution is 2.31. The molecule has 12 heteroatoms. The number of allylic oxidation sites excluding steroid dienone is 2. The molecule has 3 rings (SSSR count). The largest absolute Gasteiger partial charge is 0.402 e. The number of halogens is 1. The van der Waals surface area contributed by atoms with E-state index in [4.69, 9.17) is 22.7 Å². The van der Waals surface area contributed by atoms with Crippen LogP contribution in [0, 0.1) is 5.41 Å². The predicted molar refractivity (Wildman–Crippen MR) is 103 cm³/mol. The Kier molecular flexibility index (Phi) is 4.92. The van der Waals surface area contributed by atoms with E-state index in [-0.39, 0.29) is 24.2 Å². The van der Waals surface area contributed by atoms with Gasteiger partial charge in [0.1, 0.15) is 10.5 Å². The summed E-state index contributed by atoms with van der Waals surface area (Å²) in [6.07, 6.45) is 3.70. The summed E-state index contributed by atoms with van der Waals surface area (Å²) in [5.41, 5.74) is 13.9. The van der Waals surface area contributed by atoms with Crippen LogP contribution in [-0.2, 0) is 20.0 Å². The smallest absolute Gasteiger partial charge is 0.291 e. The maximum Gasteiger partial charge on any atom is 0.291 e. The molecule has 0 aliphatic carbocycles. The second kappa shape index (κ2) is 7.17. The van der Waals surface area contributed by atoms with E-state index in [0.717, 1.165) is 10.9 Å². The number of hydrogen-bond acceptors (Lipinski definition) is 9. The average Bonchev–Trinajstić information content (AvgIpc) is 3.15. The van der Waals surface area contributed by atoms with Crippen LogP contribution in [0.4, 0.5) is 4.39 Å². The van der Waals surface area contributed by atoms with Crippen LogP contribution in [0.1, 0.15) is 5.01 Å². The molecule has 0 aliphatic heterocycles. The van der Waals surface area contributed by atoms with Crippen LogP contribution in [0.3, 0.4) is 0 Å². The van der Waals surface area contributed by atoms with E-state index in [9.17, 15) is 9.18 Å². The van der Waals surface area contributed by atoms with Crippen LogP contribution in [-0.4, -0.2) is 25.0 Å². The molecular formula is C15H18FN9OS. The Labute approximate surface area is 156 Å². The third-order valence-corrected chi connectivity index (χ3v) is 5.01. The summed E-state index contributed by atoms with van der Waals surface area (Å²) in [6, 6.07) is 0. The van der Waals surface area contributed by atoms with Crippen molar-refractivity contribution in [1.82, 2.24) is 24.8 Å². The number of hydrazine groups is 1. The van der Waals surface area contributed by atoms with Crippen LogP contribution in [0.25, 0.3) is 21.3 Å². The fourth-order valence-corrected chi connectivity index (χ4v) is 3.80. The van der Waals surface area contributed by atoms with E-state index >= 15 is 0 Å². The van der Waals surface area contributed by atoms with Crippen molar-refractivity contribution >= 4 is 38.3 Å². The van der Waals surface area contributed by atoms with Crippen LogP contribution < -0.4 is 28.3 Å². The first-order valence-electron chi connectivity index (χ1n) is 7.77. The molecule has 0 saturated carbocycles. The minimum Gasteiger partial charge on any atom is -0.402 e. The molecule has 3 aromatic heterocycles. The van der Waals surface area contributed by atoms with Crippen LogP contribution in [0.2, 0.25) is 0 Å². The van der Waals surface area contributed by atoms with Gasteiger partial charge in [-0.05, 0) is 0 Å². The summed E-state index contributed by atoms with van der Waals surface area (Å²) in [5.74, 6) is 4.38. The van der Waals surface area contributed by atoms with Crippen LogP contribution in [0.5, 0.6) is 0 Å². The number of rotatable bonds is 6. The summed E-state index contributed by atoms with van der Waals surface area (Å²) in [6.45, 7) is 0.0817. The van der Waals surface area contributed by atoms with Crippen molar-refractivity contribution in [3.05, 3.63) is 45.5 Å². The number of nitrogens with zero attached hydrogens (tertiary/aromatic N) is 4. The van der Waals surface area contributed by atoms with Gasteiger partial charge in [-0.3, -0.25) is 10.6 Å². The van der Waals surface area contributed by atoms with E-state index in [1.807, 2.05) is 0 Å². The highest BCUT2D eigenvalue weighted by Gasteiger charge is 2.19. The molecule has 0 spiro atoms. The molecule has 0 fully saturated rings. The van der Waals surface area contributed by atoms with Crippen molar-refractivity contribution < 1.29 is 4.39 Å². The zero-order chi connectivity index (χ0) is 19.7. The van der Waals surface area contributed by atoms with Gasteiger partial charge in [-0.15, -0.1) is 11.3 Å². The molecule has 0 radical (unpaired) electrons. The summed E-state index contributed by atoms with van der Waals surface area (Å²) in [4.78, 5) is 17.2. The molecule has 3 heterocycles. The molecule has 10 nitrogen and oxygen atoms in total. The number of fused-ring (bicyclic) bond motifs is 3. The lowest BCUT2D eigenvalue weighted by molar-refractivity contribution is 0.628. The van der Waals surface area contributed by atoms with Gasteiger partial charge in [-0.1, -0.05) is 0 Å². The van der Waals surface area contributed by atoms with Gasteiger partial charge in [0.2, 0.25) is 0 Å². The quantitative estimate of drug-likeness (QED) is 0.223. The normalized spacial score (nSPS) is 12.9. The molecule has 142 valence electrons. The Morgan fingerprint density at radius 3 is 2.93 bits per heavy atom. The topological polar surface area (TPSA) is 167 Å². The van der Waals surface area contributed by atoms with Crippen molar-refractivity contribution in [2.24, 2.45) is 24.4 Å². The summed E-state index contributed by atoms with van der Waals surface area (Å²) >= 11 is 1.28. The molecule has 0 aliphatic rings. The Morgan fingerprint density at radius 1 is 1.52 bits per heavy atom. The third kappa shape index (κ3) is 3.27. The van der Waals surface area contributed by atoms with Gasteiger partial charge in [0.05, 0.1) is 23.2 Å². The lowest BCUT2D eigenvalue weighted by Gasteiger charge is -2.06. The van der Waals surface area contributed by atoms with Crippen molar-refractivity contribution in [2.75, 3.05) is 0 Å². The van der Waals surface area contributed by atoms with E-state index in [2.05, 4.69) is 15.5 Å². The van der Waals surface area contributed by atoms with Gasteiger partial charge in [-0.25, -0.2) is 14.1 Å². The Balaban J connectivity index is 2.06. The van der Waals surface area contributed by atoms with Gasteiger partial charge in [0, 0.05) is 37.0 Å². The molecular weight excluding hydrogens is 373 g/mol. The monoisotopic (exact) mass is 391 g/mol. The Morgan fingerprint density at radius 2 is 2.26 bits per heavy atom. The Bertz CT molecular complexity index is 1150. The minimum atomic E-state index is -0.790. The van der Waals surface area contributed by atoms with Crippen molar-refractivity contribution in [1.29, 1.82) is 5.41 Å². The van der Waals surface area contributed by atoms with Gasteiger partial charge >= 0.3 is 0 Å². The van der Waals surface area contributed by atoms with Gasteiger partial charge in [0.15, 0.2) is 11.5 Å². The molecule has 27 heavy (non-hydrogen) atoms. The predicted octanol–water partition coefficient (Wildman–Crippen LogP) is -0.0600. The average molecular weight is 391 g/mol. The number of aromatic nitrogens is 4. The van der Waals surface area contributed by atoms with E-state index in [1.54, 1.807) is 17.8 Å². The summed E-state index contributed by atoms with van der Waals surface area (Å²) < 4.78 is 17.0. The molecule has 0 aromatic carbocycles. The lowest BCUT2D eigenvalue weighted by Crippen LogP contribution is -2.27. The number of aryl methyl sites for hydroxylation is 1. The highest BCUT2D eigenvalue weighted by molar-refractivity contribution is 7.19. The van der Waals surface area contributed by atoms with E-state index < -0.39 is 5.83 Å². The zero-order valence-electron chi connectivity index (χ0n) is 14.4. The number of nitrogens with one attached hydrogen (secondary N) is 2. The van der Waals surface area contributed by atoms with Crippen molar-refractivity contribution in [2.45, 2.75) is 13.0 Å². The molecule has 0 amide bonds. The molecule has 0 unspecified atom stereocenters. The van der Waals surface area contributed by atoms with Crippen molar-refractivity contribution in [3.63, 3.8) is 0 Å². The van der Waals surface area contributed by atoms with E-state index in [1.165, 1.54) is 22.2 Å². The summed E-state index contributed by atoms with van der Waals surface area (Å²) in [5, 5.41) is 13.0. The maximum atomic E-state index is 13.4. The fraction of sp³-hybridized carbons (Fsp3) is 0.200. The minimum absolute atomic E-state index is 0.0122. The summed E-state index contributed by atoms with van der Waals surface area (Å²) in [7, 11) is 1.71. The molecule has 3 aromatic rings. The molecule has 0 saturated heterocycles. The number of hydrogen-bond donors (Lipinski definition) is 5. The fourth-order valence-electron chi connectivity index (χ4n) is 2.68. The lowest BCUT2D eigenvalue weighted by atomic mass is 10.2. The standard InChI is InChI=1S/C15H18FN9OS/c1-24-12-8(5-22-25(15(12)26)6-7(18)4-21-20)13-14(24)23-11(27-13)2-10(19)9(16)3-17/h3-5,19,21H,2,6,17-18,20H2,1H3/b7-4-,9-3+,19-10?. The molecule has 0 atom stereocenters. The first-order chi connectivity index (χ1) is 12.9. The van der Waals surface area contributed by atoms with Crippen molar-refractivity contribution in [3.8, 4) is 0 Å². The Hall–Kier alpha value is -3.25. The molecule has 0 bridgehead atoms. The SMILES string of the molecule is Cn1c2nc(CC(=N)/C(F)=C\N)sc2c2cnn(C/C(N)=C/NN)c(=O)c21. The van der Waals surface area contributed by atoms with Crippen LogP contribution in [0.15, 0.2) is 34.9 Å². The van der Waals surface area contributed by atoms with Gasteiger partial charge in [-0.2, -0.15) is 5.10 Å². The zero-order valence-corrected chi connectivity index (χ0v) is 15.2. The van der Waals surface area contributed by atoms with Crippen LogP contribution >= 0.6 is 11.3 Å². The number of thiazole rings is 1. The second-order valence-electron chi connectivity index (χ2n) is 5.74. The highest BCUT2D eigenvalue weighted by atomic mass is 32.1. The second-order valence-corrected chi connectivity index (χ2v) is 6.83. The first kappa shape index (κ1) is 18.5. The maximum absolute atomic E-state index is 13.4.